The molecule has 0 aromatic carbocycles. The number of hydrogen-bond donors (Lipinski definition) is 0. The van der Waals surface area contributed by atoms with Gasteiger partial charge in [0, 0.05) is 6.92 Å². The van der Waals surface area contributed by atoms with Crippen molar-refractivity contribution in [2.75, 3.05) is 6.61 Å². The van der Waals surface area contributed by atoms with Gasteiger partial charge in [0.2, 0.25) is 0 Å². The molecule has 0 aliphatic heterocycles. The van der Waals surface area contributed by atoms with E-state index in [2.05, 4.69) is 33.4 Å². The second-order valence-corrected chi connectivity index (χ2v) is 4.20. The molecule has 0 fully saturated rings. The second-order valence-electron chi connectivity index (χ2n) is 4.20. The zero-order valence-corrected chi connectivity index (χ0v) is 11.8. The molecule has 0 rings (SSSR count). The van der Waals surface area contributed by atoms with E-state index in [0.717, 1.165) is 18.4 Å². The fraction of sp³-hybridized carbons (Fsp3) is 0.615. The third-order valence-electron chi connectivity index (χ3n) is 2.31. The number of hydrogen-bond acceptors (Lipinski definition) is 2. The average Bonchev–Trinajstić information content (AvgIpc) is 2.13. The molecule has 0 amide bonds. The Balaban J connectivity index is 0. The zero-order valence-electron chi connectivity index (χ0n) is 10.8. The molecule has 0 radical (unpaired) electrons. The molecule has 0 bridgehead atoms. The number of rotatable bonds is 6. The Labute approximate surface area is 106 Å². The van der Waals surface area contributed by atoms with Crippen molar-refractivity contribution in [2.24, 2.45) is 5.92 Å². The second kappa shape index (κ2) is 9.52. The first-order valence-electron chi connectivity index (χ1n) is 5.38. The van der Waals surface area contributed by atoms with E-state index in [0.29, 0.717) is 12.5 Å². The summed E-state index contributed by atoms with van der Waals surface area (Å²) in [5, 5.41) is 0. The molecule has 0 aliphatic carbocycles. The minimum Gasteiger partial charge on any atom is -0.461 e. The highest BCUT2D eigenvalue weighted by Gasteiger charge is 2.07. The van der Waals surface area contributed by atoms with Crippen molar-refractivity contribution >= 4 is 19.5 Å². The van der Waals surface area contributed by atoms with E-state index in [1.54, 1.807) is 0 Å². The molecule has 1 atom stereocenters. The van der Waals surface area contributed by atoms with Crippen LogP contribution in [-0.2, 0) is 9.53 Å². The van der Waals surface area contributed by atoms with Crippen molar-refractivity contribution < 1.29 is 9.53 Å². The SMILES string of the molecule is C=C(COC(C)=O)[C@@H](C)CCC=C(C)C.S. The Morgan fingerprint density at radius 1 is 1.38 bits per heavy atom. The van der Waals surface area contributed by atoms with Crippen LogP contribution in [0, 0.1) is 5.92 Å². The highest BCUT2D eigenvalue weighted by molar-refractivity contribution is 7.59. The third-order valence-corrected chi connectivity index (χ3v) is 2.31. The van der Waals surface area contributed by atoms with Crippen LogP contribution in [0.5, 0.6) is 0 Å². The number of carbonyl (C=O) groups excluding carboxylic acids is 1. The molecule has 0 aromatic heterocycles. The first-order valence-corrected chi connectivity index (χ1v) is 5.38. The van der Waals surface area contributed by atoms with Gasteiger partial charge in [0.05, 0.1) is 0 Å². The van der Waals surface area contributed by atoms with Crippen molar-refractivity contribution in [3.8, 4) is 0 Å². The topological polar surface area (TPSA) is 26.3 Å². The molecule has 0 unspecified atom stereocenters. The van der Waals surface area contributed by atoms with E-state index in [1.807, 2.05) is 0 Å². The highest BCUT2D eigenvalue weighted by Crippen LogP contribution is 2.16. The van der Waals surface area contributed by atoms with Crippen LogP contribution in [0.2, 0.25) is 0 Å². The van der Waals surface area contributed by atoms with Gasteiger partial charge in [0.25, 0.3) is 0 Å². The molecular formula is C13H24O2S. The van der Waals surface area contributed by atoms with Gasteiger partial charge in [-0.3, -0.25) is 4.79 Å². The minimum atomic E-state index is -0.243. The van der Waals surface area contributed by atoms with Gasteiger partial charge in [-0.15, -0.1) is 0 Å². The van der Waals surface area contributed by atoms with E-state index in [4.69, 9.17) is 4.74 Å². The van der Waals surface area contributed by atoms with Crippen molar-refractivity contribution in [1.82, 2.24) is 0 Å². The molecule has 16 heavy (non-hydrogen) atoms. The van der Waals surface area contributed by atoms with E-state index in [-0.39, 0.29) is 19.5 Å². The largest absolute Gasteiger partial charge is 0.461 e. The first-order chi connectivity index (χ1) is 6.93. The van der Waals surface area contributed by atoms with Crippen molar-refractivity contribution in [3.63, 3.8) is 0 Å². The van der Waals surface area contributed by atoms with Crippen LogP contribution >= 0.6 is 13.5 Å². The van der Waals surface area contributed by atoms with Crippen molar-refractivity contribution in [2.45, 2.75) is 40.5 Å². The van der Waals surface area contributed by atoms with Crippen LogP contribution in [0.15, 0.2) is 23.8 Å². The maximum Gasteiger partial charge on any atom is 0.302 e. The Morgan fingerprint density at radius 3 is 2.38 bits per heavy atom. The standard InChI is InChI=1S/C13H22O2.H2S/c1-10(2)7-6-8-11(3)12(4)9-15-13(5)14;/h7,11H,4,6,8-9H2,1-3,5H3;1H2/t11-;/m0./s1. The normalized spacial score (nSPS) is 11.0. The van der Waals surface area contributed by atoms with Gasteiger partial charge < -0.3 is 4.74 Å². The molecule has 0 spiro atoms. The number of ether oxygens (including phenoxy) is 1. The molecule has 0 saturated heterocycles. The molecule has 0 heterocycles. The molecule has 0 saturated carbocycles. The molecule has 0 aliphatic rings. The van der Waals surface area contributed by atoms with Crippen LogP contribution in [0.3, 0.4) is 0 Å². The van der Waals surface area contributed by atoms with Gasteiger partial charge in [-0.25, -0.2) is 0 Å². The predicted molar refractivity (Wildman–Crippen MR) is 74.0 cm³/mol. The summed E-state index contributed by atoms with van der Waals surface area (Å²) in [5.41, 5.74) is 2.33. The molecule has 0 aromatic rings. The maximum absolute atomic E-state index is 10.6. The Morgan fingerprint density at radius 2 is 1.94 bits per heavy atom. The monoisotopic (exact) mass is 244 g/mol. The molecule has 3 heteroatoms. The number of esters is 1. The zero-order chi connectivity index (χ0) is 11.8. The summed E-state index contributed by atoms with van der Waals surface area (Å²) in [7, 11) is 0. The van der Waals surface area contributed by atoms with Crippen LogP contribution < -0.4 is 0 Å². The summed E-state index contributed by atoms with van der Waals surface area (Å²) < 4.78 is 4.90. The van der Waals surface area contributed by atoms with E-state index < -0.39 is 0 Å². The first kappa shape index (κ1) is 17.7. The quantitative estimate of drug-likeness (QED) is 0.527. The third kappa shape index (κ3) is 9.84. The highest BCUT2D eigenvalue weighted by atomic mass is 32.1. The lowest BCUT2D eigenvalue weighted by atomic mass is 9.97. The maximum atomic E-state index is 10.6. The summed E-state index contributed by atoms with van der Waals surface area (Å²) >= 11 is 0. The lowest BCUT2D eigenvalue weighted by molar-refractivity contribution is -0.140. The van der Waals surface area contributed by atoms with Crippen LogP contribution in [0.1, 0.15) is 40.5 Å². The molecule has 0 N–H and O–H groups in total. The lowest BCUT2D eigenvalue weighted by Crippen LogP contribution is -2.08. The van der Waals surface area contributed by atoms with Gasteiger partial charge >= 0.3 is 5.97 Å². The summed E-state index contributed by atoms with van der Waals surface area (Å²) in [4.78, 5) is 10.6. The summed E-state index contributed by atoms with van der Waals surface area (Å²) in [6.45, 7) is 12.0. The molecule has 94 valence electrons. The fourth-order valence-corrected chi connectivity index (χ4v) is 1.16. The van der Waals surface area contributed by atoms with Gasteiger partial charge in [-0.2, -0.15) is 13.5 Å². The summed E-state index contributed by atoms with van der Waals surface area (Å²) in [5.74, 6) is 0.160. The average molecular weight is 244 g/mol. The number of allylic oxidation sites excluding steroid dienone is 2. The molecule has 2 nitrogen and oxygen atoms in total. The predicted octanol–water partition coefficient (Wildman–Crippen LogP) is 3.60. The van der Waals surface area contributed by atoms with Crippen molar-refractivity contribution in [3.05, 3.63) is 23.8 Å². The van der Waals surface area contributed by atoms with Gasteiger partial charge in [-0.1, -0.05) is 25.2 Å². The Hall–Kier alpha value is -0.700. The van der Waals surface area contributed by atoms with Gasteiger partial charge in [0.15, 0.2) is 0 Å². The molecular weight excluding hydrogens is 220 g/mol. The van der Waals surface area contributed by atoms with Gasteiger partial charge in [0.1, 0.15) is 6.61 Å². The summed E-state index contributed by atoms with van der Waals surface area (Å²) in [6.07, 6.45) is 4.34. The smallest absolute Gasteiger partial charge is 0.302 e. The van der Waals surface area contributed by atoms with Crippen LogP contribution in [0.4, 0.5) is 0 Å². The van der Waals surface area contributed by atoms with E-state index >= 15 is 0 Å². The number of carbonyl (C=O) groups is 1. The van der Waals surface area contributed by atoms with E-state index in [9.17, 15) is 4.79 Å². The van der Waals surface area contributed by atoms with E-state index in [1.165, 1.54) is 12.5 Å². The fourth-order valence-electron chi connectivity index (χ4n) is 1.16. The van der Waals surface area contributed by atoms with Crippen LogP contribution in [0.25, 0.3) is 0 Å². The van der Waals surface area contributed by atoms with Crippen molar-refractivity contribution in [1.29, 1.82) is 0 Å². The van der Waals surface area contributed by atoms with Gasteiger partial charge in [-0.05, 0) is 38.2 Å². The Kier molecular flexibility index (Phi) is 10.5. The van der Waals surface area contributed by atoms with Crippen LogP contribution in [-0.4, -0.2) is 12.6 Å². The summed E-state index contributed by atoms with van der Waals surface area (Å²) in [6, 6.07) is 0. The lowest BCUT2D eigenvalue weighted by Gasteiger charge is -2.13. The minimum absolute atomic E-state index is 0. The Bertz CT molecular complexity index is 253.